The van der Waals surface area contributed by atoms with Crippen molar-refractivity contribution >= 4 is 34.4 Å². The second-order valence-electron chi connectivity index (χ2n) is 7.90. The van der Waals surface area contributed by atoms with Crippen LogP contribution in [0.5, 0.6) is 0 Å². The van der Waals surface area contributed by atoms with Crippen molar-refractivity contribution in [3.8, 4) is 0 Å². The van der Waals surface area contributed by atoms with Gasteiger partial charge in [0.25, 0.3) is 11.8 Å². The zero-order valence-electron chi connectivity index (χ0n) is 18.6. The maximum absolute atomic E-state index is 12.7. The van der Waals surface area contributed by atoms with Crippen LogP contribution < -0.4 is 10.6 Å². The molecule has 0 saturated carbocycles. The molecule has 2 aliphatic heterocycles. The summed E-state index contributed by atoms with van der Waals surface area (Å²) in [4.78, 5) is 32.3. The molecule has 2 aliphatic rings. The van der Waals surface area contributed by atoms with E-state index in [0.717, 1.165) is 47.3 Å². The third kappa shape index (κ3) is 4.43. The topological polar surface area (TPSA) is 73.8 Å². The number of likely N-dealkylation sites (N-methyl/N-ethyl adjacent to an activating group) is 1. The van der Waals surface area contributed by atoms with Crippen molar-refractivity contribution in [3.05, 3.63) is 76.5 Å². The number of amides is 2. The highest BCUT2D eigenvalue weighted by Crippen LogP contribution is 2.39. The Morgan fingerprint density at radius 1 is 1.09 bits per heavy atom. The van der Waals surface area contributed by atoms with Gasteiger partial charge in [-0.05, 0) is 55.2 Å². The molecule has 32 heavy (non-hydrogen) atoms. The smallest absolute Gasteiger partial charge is 0.255 e. The number of fused-ring (bicyclic) bond motifs is 1. The third-order valence-electron chi connectivity index (χ3n) is 5.84. The molecule has 0 radical (unpaired) electrons. The van der Waals surface area contributed by atoms with Gasteiger partial charge in [-0.2, -0.15) is 0 Å². The molecule has 2 amide bonds. The molecule has 2 aromatic carbocycles. The SMILES string of the molecule is CCc1ccc(C(=O)Nc2ccc(C3C(C(=O)NC)=C(C)N=C4SCCCN43)cc2)cc1. The van der Waals surface area contributed by atoms with E-state index in [-0.39, 0.29) is 17.9 Å². The summed E-state index contributed by atoms with van der Waals surface area (Å²) in [5, 5.41) is 6.70. The molecule has 1 atom stereocenters. The van der Waals surface area contributed by atoms with Gasteiger partial charge in [-0.1, -0.05) is 43.0 Å². The average Bonchev–Trinajstić information content (AvgIpc) is 2.83. The Balaban J connectivity index is 1.58. The first-order chi connectivity index (χ1) is 15.5. The van der Waals surface area contributed by atoms with Crippen molar-refractivity contribution in [1.29, 1.82) is 0 Å². The maximum Gasteiger partial charge on any atom is 0.255 e. The van der Waals surface area contributed by atoms with Crippen molar-refractivity contribution in [2.24, 2.45) is 4.99 Å². The molecule has 166 valence electrons. The van der Waals surface area contributed by atoms with Gasteiger partial charge < -0.3 is 15.5 Å². The molecule has 0 aromatic heterocycles. The normalized spacial score (nSPS) is 18.0. The quantitative estimate of drug-likeness (QED) is 0.712. The van der Waals surface area contributed by atoms with Crippen LogP contribution in [0.1, 0.15) is 47.8 Å². The molecule has 1 fully saturated rings. The third-order valence-corrected chi connectivity index (χ3v) is 6.92. The van der Waals surface area contributed by atoms with Gasteiger partial charge in [0.1, 0.15) is 0 Å². The van der Waals surface area contributed by atoms with E-state index in [4.69, 9.17) is 4.99 Å². The number of aryl methyl sites for hydroxylation is 1. The number of carbonyl (C=O) groups is 2. The summed E-state index contributed by atoms with van der Waals surface area (Å²) in [6, 6.07) is 15.2. The van der Waals surface area contributed by atoms with Gasteiger partial charge in [0.2, 0.25) is 0 Å². The number of thioether (sulfide) groups is 1. The zero-order chi connectivity index (χ0) is 22.7. The Hall–Kier alpha value is -3.06. The van der Waals surface area contributed by atoms with Gasteiger partial charge in [-0.25, -0.2) is 4.99 Å². The second kappa shape index (κ2) is 9.61. The monoisotopic (exact) mass is 448 g/mol. The molecule has 4 rings (SSSR count). The van der Waals surface area contributed by atoms with Crippen molar-refractivity contribution in [2.75, 3.05) is 24.7 Å². The largest absolute Gasteiger partial charge is 0.355 e. The number of benzene rings is 2. The lowest BCUT2D eigenvalue weighted by atomic mass is 9.93. The van der Waals surface area contributed by atoms with Gasteiger partial charge >= 0.3 is 0 Å². The van der Waals surface area contributed by atoms with E-state index in [1.54, 1.807) is 18.8 Å². The lowest BCUT2D eigenvalue weighted by Crippen LogP contribution is -2.43. The molecule has 1 saturated heterocycles. The molecule has 0 aliphatic carbocycles. The summed E-state index contributed by atoms with van der Waals surface area (Å²) in [6.45, 7) is 4.85. The van der Waals surface area contributed by atoms with E-state index in [1.165, 1.54) is 5.56 Å². The van der Waals surface area contributed by atoms with Crippen molar-refractivity contribution in [3.63, 3.8) is 0 Å². The molecular formula is C25H28N4O2S. The summed E-state index contributed by atoms with van der Waals surface area (Å²) >= 11 is 1.74. The standard InChI is InChI=1S/C25H28N4O2S/c1-4-17-6-8-19(9-7-17)23(30)28-20-12-10-18(11-13-20)22-21(24(31)26-3)16(2)27-25-29(22)14-5-15-32-25/h6-13,22H,4-5,14-15H2,1-3H3,(H,26,31)(H,28,30). The van der Waals surface area contributed by atoms with E-state index in [0.29, 0.717) is 11.1 Å². The zero-order valence-corrected chi connectivity index (χ0v) is 19.5. The lowest BCUT2D eigenvalue weighted by molar-refractivity contribution is -0.117. The average molecular weight is 449 g/mol. The van der Waals surface area contributed by atoms with E-state index in [9.17, 15) is 9.59 Å². The second-order valence-corrected chi connectivity index (χ2v) is 8.96. The highest BCUT2D eigenvalue weighted by atomic mass is 32.2. The van der Waals surface area contributed by atoms with Gasteiger partial charge in [0.05, 0.1) is 17.3 Å². The van der Waals surface area contributed by atoms with Crippen LogP contribution in [0.25, 0.3) is 0 Å². The van der Waals surface area contributed by atoms with Gasteiger partial charge in [0.15, 0.2) is 5.17 Å². The number of anilines is 1. The van der Waals surface area contributed by atoms with Crippen molar-refractivity contribution in [2.45, 2.75) is 32.7 Å². The predicted octanol–water partition coefficient (Wildman–Crippen LogP) is 4.37. The van der Waals surface area contributed by atoms with Crippen LogP contribution >= 0.6 is 11.8 Å². The predicted molar refractivity (Wildman–Crippen MR) is 131 cm³/mol. The highest BCUT2D eigenvalue weighted by Gasteiger charge is 2.36. The van der Waals surface area contributed by atoms with Crippen LogP contribution in [0.2, 0.25) is 0 Å². The molecule has 6 nitrogen and oxygen atoms in total. The number of allylic oxidation sites excluding steroid dienone is 1. The lowest BCUT2D eigenvalue weighted by Gasteiger charge is -2.40. The van der Waals surface area contributed by atoms with Crippen molar-refractivity contribution < 1.29 is 9.59 Å². The van der Waals surface area contributed by atoms with Gasteiger partial charge in [-0.15, -0.1) is 0 Å². The summed E-state index contributed by atoms with van der Waals surface area (Å²) in [5.41, 5.74) is 4.98. The van der Waals surface area contributed by atoms with Gasteiger partial charge in [-0.3, -0.25) is 9.59 Å². The number of rotatable bonds is 5. The van der Waals surface area contributed by atoms with Crippen LogP contribution in [0.15, 0.2) is 64.8 Å². The molecular weight excluding hydrogens is 420 g/mol. The van der Waals surface area contributed by atoms with Crippen LogP contribution in [-0.2, 0) is 11.2 Å². The van der Waals surface area contributed by atoms with E-state index >= 15 is 0 Å². The van der Waals surface area contributed by atoms with Crippen molar-refractivity contribution in [1.82, 2.24) is 10.2 Å². The van der Waals surface area contributed by atoms with E-state index in [1.807, 2.05) is 55.5 Å². The minimum absolute atomic E-state index is 0.112. The molecule has 2 aromatic rings. The first-order valence-electron chi connectivity index (χ1n) is 10.9. The number of aliphatic imine (C=N–C) groups is 1. The molecule has 0 bridgehead atoms. The molecule has 2 heterocycles. The summed E-state index contributed by atoms with van der Waals surface area (Å²) in [7, 11) is 1.65. The Kier molecular flexibility index (Phi) is 6.65. The minimum Gasteiger partial charge on any atom is -0.355 e. The summed E-state index contributed by atoms with van der Waals surface area (Å²) < 4.78 is 0. The highest BCUT2D eigenvalue weighted by molar-refractivity contribution is 8.13. The number of nitrogens with one attached hydrogen (secondary N) is 2. The fourth-order valence-corrected chi connectivity index (χ4v) is 5.10. The minimum atomic E-state index is -0.193. The fourth-order valence-electron chi connectivity index (χ4n) is 4.08. The molecule has 0 spiro atoms. The fraction of sp³-hybridized carbons (Fsp3) is 0.320. The number of hydrogen-bond donors (Lipinski definition) is 2. The molecule has 1 unspecified atom stereocenters. The summed E-state index contributed by atoms with van der Waals surface area (Å²) in [6.07, 6.45) is 1.99. The van der Waals surface area contributed by atoms with Crippen LogP contribution in [0, 0.1) is 0 Å². The van der Waals surface area contributed by atoms with Crippen LogP contribution in [-0.4, -0.2) is 41.2 Å². The van der Waals surface area contributed by atoms with E-state index < -0.39 is 0 Å². The first-order valence-corrected chi connectivity index (χ1v) is 11.9. The van der Waals surface area contributed by atoms with Crippen LogP contribution in [0.3, 0.4) is 0 Å². The molecule has 7 heteroatoms. The van der Waals surface area contributed by atoms with Crippen LogP contribution in [0.4, 0.5) is 5.69 Å². The van der Waals surface area contributed by atoms with E-state index in [2.05, 4.69) is 22.5 Å². The Morgan fingerprint density at radius 3 is 2.47 bits per heavy atom. The number of nitrogens with zero attached hydrogens (tertiary/aromatic N) is 2. The number of amidine groups is 1. The van der Waals surface area contributed by atoms with Gasteiger partial charge in [0, 0.05) is 30.6 Å². The number of hydrogen-bond acceptors (Lipinski definition) is 5. The Morgan fingerprint density at radius 2 is 1.81 bits per heavy atom. The number of carbonyl (C=O) groups excluding carboxylic acids is 2. The Labute approximate surface area is 193 Å². The summed E-state index contributed by atoms with van der Waals surface area (Å²) in [5.74, 6) is 0.787. The Bertz CT molecular complexity index is 1070. The first kappa shape index (κ1) is 22.1. The maximum atomic E-state index is 12.7. The molecule has 2 N–H and O–H groups in total.